The zero-order valence-corrected chi connectivity index (χ0v) is 14.6. The molecular formula is C18H23IO2. The summed E-state index contributed by atoms with van der Waals surface area (Å²) >= 11 is 2.24. The molecule has 0 unspecified atom stereocenters. The molecule has 2 fully saturated rings. The van der Waals surface area contributed by atoms with Crippen LogP contribution in [0.25, 0.3) is 0 Å². The minimum atomic E-state index is -0.0928. The van der Waals surface area contributed by atoms with E-state index >= 15 is 0 Å². The number of benzene rings is 1. The first-order valence-electron chi connectivity index (χ1n) is 8.20. The van der Waals surface area contributed by atoms with Gasteiger partial charge >= 0.3 is 0 Å². The molecule has 4 rings (SSSR count). The van der Waals surface area contributed by atoms with Crippen LogP contribution in [0, 0.1) is 20.8 Å². The smallest absolute Gasteiger partial charge is 0.129 e. The van der Waals surface area contributed by atoms with Gasteiger partial charge in [0.15, 0.2) is 0 Å². The van der Waals surface area contributed by atoms with Gasteiger partial charge in [0.2, 0.25) is 0 Å². The molecule has 2 N–H and O–H groups in total. The number of halogens is 1. The summed E-state index contributed by atoms with van der Waals surface area (Å²) in [5, 5.41) is 20.4. The van der Waals surface area contributed by atoms with Crippen molar-refractivity contribution in [3.05, 3.63) is 26.8 Å². The highest BCUT2D eigenvalue weighted by Crippen LogP contribution is 2.61. The number of aliphatic hydroxyl groups excluding tert-OH is 1. The first kappa shape index (κ1) is 14.3. The number of phenolic OH excluding ortho intramolecular Hbond substituents is 1. The van der Waals surface area contributed by atoms with Crippen molar-refractivity contribution in [3.63, 3.8) is 0 Å². The molecule has 0 amide bonds. The van der Waals surface area contributed by atoms with E-state index in [2.05, 4.69) is 35.6 Å². The van der Waals surface area contributed by atoms with Crippen LogP contribution in [-0.2, 0) is 6.42 Å². The maximum absolute atomic E-state index is 10.4. The van der Waals surface area contributed by atoms with Crippen LogP contribution in [0.2, 0.25) is 0 Å². The first-order chi connectivity index (χ1) is 10.0. The second-order valence-corrected chi connectivity index (χ2v) is 8.72. The van der Waals surface area contributed by atoms with Gasteiger partial charge in [-0.2, -0.15) is 0 Å². The molecule has 0 spiro atoms. The Labute approximate surface area is 140 Å². The molecule has 2 saturated carbocycles. The molecule has 1 aromatic carbocycles. The molecule has 114 valence electrons. The summed E-state index contributed by atoms with van der Waals surface area (Å²) in [5.41, 5.74) is 3.00. The summed E-state index contributed by atoms with van der Waals surface area (Å²) in [6, 6.07) is 4.21. The SMILES string of the molecule is C[C@]12CC[C@@H]3c4cc([125I])c(O)cc4CC[C@H]3[C@@H]1CC[C@@H]2O. The number of aromatic hydroxyl groups is 1. The maximum atomic E-state index is 10.4. The third kappa shape index (κ3) is 1.99. The van der Waals surface area contributed by atoms with Crippen LogP contribution < -0.4 is 0 Å². The lowest BCUT2D eigenvalue weighted by Gasteiger charge is -2.50. The number of rotatable bonds is 0. The molecule has 3 aliphatic carbocycles. The second-order valence-electron chi connectivity index (χ2n) is 7.56. The highest BCUT2D eigenvalue weighted by molar-refractivity contribution is 14.1. The number of hydrogen-bond donors (Lipinski definition) is 2. The highest BCUT2D eigenvalue weighted by Gasteiger charge is 2.54. The minimum absolute atomic E-state index is 0.0928. The summed E-state index contributed by atoms with van der Waals surface area (Å²) in [6.45, 7) is 2.32. The molecule has 0 radical (unpaired) electrons. The van der Waals surface area contributed by atoms with Gasteiger partial charge in [-0.3, -0.25) is 0 Å². The van der Waals surface area contributed by atoms with Gasteiger partial charge in [-0.15, -0.1) is 0 Å². The zero-order chi connectivity index (χ0) is 14.8. The molecule has 5 atom stereocenters. The van der Waals surface area contributed by atoms with Gasteiger partial charge in [0.1, 0.15) is 5.75 Å². The summed E-state index contributed by atoms with van der Waals surface area (Å²) in [6.07, 6.45) is 6.76. The maximum Gasteiger partial charge on any atom is 0.129 e. The quantitative estimate of drug-likeness (QED) is 0.645. The summed E-state index contributed by atoms with van der Waals surface area (Å²) in [5.74, 6) is 2.50. The summed E-state index contributed by atoms with van der Waals surface area (Å²) < 4.78 is 0.979. The summed E-state index contributed by atoms with van der Waals surface area (Å²) in [7, 11) is 0. The number of aliphatic hydroxyl groups is 1. The molecule has 21 heavy (non-hydrogen) atoms. The fraction of sp³-hybridized carbons (Fsp3) is 0.667. The standard InChI is InChI=1S/C18H23IO2/c1-18-7-6-11-12(14(18)4-5-17(18)21)3-2-10-8-16(20)15(19)9-13(10)11/h8-9,11-12,14,17,20-21H,2-7H2,1H3/t11-,12+,14-,17-,18-/m0/s1/i19-2. The minimum Gasteiger partial charge on any atom is -0.507 e. The molecule has 0 saturated heterocycles. The van der Waals surface area contributed by atoms with Gasteiger partial charge in [0, 0.05) is 0 Å². The van der Waals surface area contributed by atoms with Crippen molar-refractivity contribution in [2.24, 2.45) is 17.3 Å². The molecule has 0 aromatic heterocycles. The molecule has 0 bridgehead atoms. The molecule has 3 aliphatic rings. The lowest BCUT2D eigenvalue weighted by atomic mass is 9.55. The Bertz CT molecular complexity index is 585. The van der Waals surface area contributed by atoms with Gasteiger partial charge in [-0.1, -0.05) is 6.92 Å². The first-order valence-corrected chi connectivity index (χ1v) is 9.28. The Balaban J connectivity index is 1.73. The van der Waals surface area contributed by atoms with Crippen LogP contribution in [0.1, 0.15) is 56.1 Å². The number of fused-ring (bicyclic) bond motifs is 5. The molecule has 0 aliphatic heterocycles. The van der Waals surface area contributed by atoms with Crippen LogP contribution in [0.5, 0.6) is 5.75 Å². The average molecular weight is 396 g/mol. The van der Waals surface area contributed by atoms with Crippen molar-refractivity contribution in [3.8, 4) is 5.75 Å². The van der Waals surface area contributed by atoms with Gasteiger partial charge in [0.05, 0.1) is 9.67 Å². The van der Waals surface area contributed by atoms with Crippen molar-refractivity contribution < 1.29 is 10.2 Å². The van der Waals surface area contributed by atoms with Crippen molar-refractivity contribution in [2.45, 2.75) is 57.5 Å². The van der Waals surface area contributed by atoms with Gasteiger partial charge in [0.25, 0.3) is 0 Å². The third-order valence-electron chi connectivity index (χ3n) is 6.74. The van der Waals surface area contributed by atoms with Crippen LogP contribution in [0.3, 0.4) is 0 Å². The van der Waals surface area contributed by atoms with Crippen molar-refractivity contribution in [1.29, 1.82) is 0 Å². The number of hydrogen-bond acceptors (Lipinski definition) is 2. The van der Waals surface area contributed by atoms with E-state index in [-0.39, 0.29) is 11.5 Å². The molecule has 0 heterocycles. The normalized spacial score (nSPS) is 41.3. The van der Waals surface area contributed by atoms with Crippen LogP contribution in [0.15, 0.2) is 12.1 Å². The Hall–Kier alpha value is -0.290. The Morgan fingerprint density at radius 2 is 2.00 bits per heavy atom. The predicted octanol–water partition coefficient (Wildman–Crippen LogP) is 4.21. The van der Waals surface area contributed by atoms with Crippen molar-refractivity contribution in [2.75, 3.05) is 0 Å². The van der Waals surface area contributed by atoms with Crippen molar-refractivity contribution >= 4 is 22.6 Å². The van der Waals surface area contributed by atoms with E-state index in [0.717, 1.165) is 28.8 Å². The van der Waals surface area contributed by atoms with Crippen molar-refractivity contribution in [1.82, 2.24) is 0 Å². The fourth-order valence-electron chi connectivity index (χ4n) is 5.55. The second kappa shape index (κ2) is 4.85. The van der Waals surface area contributed by atoms with Gasteiger partial charge < -0.3 is 10.2 Å². The Morgan fingerprint density at radius 3 is 2.81 bits per heavy atom. The van der Waals surface area contributed by atoms with E-state index in [1.165, 1.54) is 30.4 Å². The van der Waals surface area contributed by atoms with E-state index in [1.807, 2.05) is 6.07 Å². The van der Waals surface area contributed by atoms with E-state index in [0.29, 0.717) is 17.6 Å². The Kier molecular flexibility index (Phi) is 3.31. The third-order valence-corrected chi connectivity index (χ3v) is 7.61. The average Bonchev–Trinajstić information content (AvgIpc) is 2.76. The largest absolute Gasteiger partial charge is 0.507 e. The van der Waals surface area contributed by atoms with Gasteiger partial charge in [-0.05, 0) is 108 Å². The lowest BCUT2D eigenvalue weighted by Crippen LogP contribution is -2.43. The van der Waals surface area contributed by atoms with E-state index in [9.17, 15) is 10.2 Å². The van der Waals surface area contributed by atoms with E-state index in [1.54, 1.807) is 0 Å². The fourth-order valence-corrected chi connectivity index (χ4v) is 6.04. The Morgan fingerprint density at radius 1 is 1.19 bits per heavy atom. The van der Waals surface area contributed by atoms with Crippen LogP contribution in [0.4, 0.5) is 0 Å². The molecule has 1 aromatic rings. The zero-order valence-electron chi connectivity index (χ0n) is 12.5. The van der Waals surface area contributed by atoms with Crippen LogP contribution in [-0.4, -0.2) is 16.3 Å². The van der Waals surface area contributed by atoms with E-state index in [4.69, 9.17) is 0 Å². The topological polar surface area (TPSA) is 40.5 Å². The lowest BCUT2D eigenvalue weighted by molar-refractivity contribution is -0.0226. The van der Waals surface area contributed by atoms with Crippen LogP contribution >= 0.6 is 22.6 Å². The molecule has 3 heteroatoms. The predicted molar refractivity (Wildman–Crippen MR) is 91.4 cm³/mol. The highest BCUT2D eigenvalue weighted by atomic mass is 125. The van der Waals surface area contributed by atoms with E-state index < -0.39 is 0 Å². The summed E-state index contributed by atoms with van der Waals surface area (Å²) in [4.78, 5) is 0. The monoisotopic (exact) mass is 396 g/mol. The number of phenols is 1. The molecule has 2 nitrogen and oxygen atoms in total. The molecular weight excluding hydrogens is 373 g/mol. The van der Waals surface area contributed by atoms with Gasteiger partial charge in [-0.25, -0.2) is 0 Å². The number of aryl methyl sites for hydroxylation is 1.